The Morgan fingerprint density at radius 3 is 2.81 bits per heavy atom. The van der Waals surface area contributed by atoms with Crippen molar-refractivity contribution < 1.29 is 4.74 Å². The van der Waals surface area contributed by atoms with E-state index in [1.165, 1.54) is 0 Å². The number of H-pyrrole nitrogens is 1. The monoisotopic (exact) mass is 351 g/mol. The van der Waals surface area contributed by atoms with Gasteiger partial charge in [0.05, 0.1) is 17.3 Å². The fourth-order valence-corrected chi connectivity index (χ4v) is 2.08. The predicted molar refractivity (Wildman–Crippen MR) is 83.9 cm³/mol. The van der Waals surface area contributed by atoms with E-state index in [0.29, 0.717) is 5.69 Å². The second kappa shape index (κ2) is 6.49. The summed E-state index contributed by atoms with van der Waals surface area (Å²) >= 11 is 3.42. The Hall–Kier alpha value is -2.22. The van der Waals surface area contributed by atoms with Gasteiger partial charge in [0.15, 0.2) is 0 Å². The topological polar surface area (TPSA) is 92.3 Å². The van der Waals surface area contributed by atoms with E-state index in [-0.39, 0.29) is 11.5 Å². The number of hydrogen-bond donors (Lipinski definition) is 2. The third-order valence-electron chi connectivity index (χ3n) is 2.76. The zero-order chi connectivity index (χ0) is 15.4. The Morgan fingerprint density at radius 1 is 1.43 bits per heavy atom. The van der Waals surface area contributed by atoms with Crippen molar-refractivity contribution in [2.75, 3.05) is 12.5 Å². The first-order valence-corrected chi connectivity index (χ1v) is 6.88. The molecule has 1 heterocycles. The fraction of sp³-hybridized carbons (Fsp3) is 0.231. The lowest BCUT2D eigenvalue weighted by atomic mass is 10.1. The summed E-state index contributed by atoms with van der Waals surface area (Å²) in [6.07, 6.45) is 0. The zero-order valence-corrected chi connectivity index (χ0v) is 13.4. The summed E-state index contributed by atoms with van der Waals surface area (Å²) in [6, 6.07) is 5.61. The molecular weight excluding hydrogens is 338 g/mol. The van der Waals surface area contributed by atoms with Gasteiger partial charge < -0.3 is 4.74 Å². The second-order valence-electron chi connectivity index (χ2n) is 4.25. The van der Waals surface area contributed by atoms with Gasteiger partial charge in [-0.2, -0.15) is 5.10 Å². The van der Waals surface area contributed by atoms with Crippen LogP contribution in [0.1, 0.15) is 18.2 Å². The smallest absolute Gasteiger partial charge is 0.274 e. The van der Waals surface area contributed by atoms with Crippen molar-refractivity contribution in [3.63, 3.8) is 0 Å². The summed E-state index contributed by atoms with van der Waals surface area (Å²) in [6.45, 7) is 3.42. The number of aromatic amines is 1. The third kappa shape index (κ3) is 3.66. The van der Waals surface area contributed by atoms with E-state index in [4.69, 9.17) is 4.74 Å². The average Bonchev–Trinajstić information content (AvgIpc) is 2.48. The van der Waals surface area contributed by atoms with Gasteiger partial charge in [-0.1, -0.05) is 0 Å². The number of nitrogens with one attached hydrogen (secondary N) is 2. The number of aryl methyl sites for hydroxylation is 1. The number of nitrogens with zero attached hydrogens (tertiary/aromatic N) is 3. The van der Waals surface area contributed by atoms with Crippen molar-refractivity contribution in [3.05, 3.63) is 44.3 Å². The van der Waals surface area contributed by atoms with E-state index < -0.39 is 0 Å². The molecule has 0 fully saturated rings. The Labute approximate surface area is 129 Å². The quantitative estimate of drug-likeness (QED) is 0.649. The highest BCUT2D eigenvalue weighted by Crippen LogP contribution is 2.25. The number of halogens is 1. The molecule has 21 heavy (non-hydrogen) atoms. The number of hydrogen-bond acceptors (Lipinski definition) is 6. The minimum Gasteiger partial charge on any atom is -0.496 e. The molecule has 0 aliphatic carbocycles. The van der Waals surface area contributed by atoms with Gasteiger partial charge in [-0.15, -0.1) is 10.2 Å². The molecule has 0 saturated heterocycles. The normalized spacial score (nSPS) is 11.3. The van der Waals surface area contributed by atoms with Gasteiger partial charge in [-0.25, -0.2) is 5.43 Å². The summed E-state index contributed by atoms with van der Waals surface area (Å²) in [5.74, 6) is 0.936. The first kappa shape index (κ1) is 15.2. The van der Waals surface area contributed by atoms with Gasteiger partial charge in [-0.05, 0) is 53.5 Å². The van der Waals surface area contributed by atoms with E-state index >= 15 is 0 Å². The maximum atomic E-state index is 11.4. The maximum absolute atomic E-state index is 11.4. The molecule has 0 radical (unpaired) electrons. The van der Waals surface area contributed by atoms with Gasteiger partial charge in [0.2, 0.25) is 5.95 Å². The van der Waals surface area contributed by atoms with Crippen LogP contribution in [0, 0.1) is 6.92 Å². The lowest BCUT2D eigenvalue weighted by Crippen LogP contribution is -2.16. The molecule has 0 saturated carbocycles. The number of ether oxygens (including phenoxy) is 1. The molecule has 0 aliphatic heterocycles. The molecule has 1 aromatic carbocycles. The van der Waals surface area contributed by atoms with Gasteiger partial charge in [-0.3, -0.25) is 9.78 Å². The molecule has 0 amide bonds. The minimum absolute atomic E-state index is 0.192. The average molecular weight is 352 g/mol. The molecule has 2 rings (SSSR count). The van der Waals surface area contributed by atoms with Crippen molar-refractivity contribution in [3.8, 4) is 5.75 Å². The van der Waals surface area contributed by atoms with Gasteiger partial charge in [0.1, 0.15) is 11.4 Å². The van der Waals surface area contributed by atoms with Crippen molar-refractivity contribution in [2.24, 2.45) is 5.10 Å². The van der Waals surface area contributed by atoms with Crippen molar-refractivity contribution in [1.82, 2.24) is 15.2 Å². The van der Waals surface area contributed by atoms with Gasteiger partial charge in [0.25, 0.3) is 5.56 Å². The van der Waals surface area contributed by atoms with Gasteiger partial charge in [0, 0.05) is 0 Å². The number of hydrazone groups is 1. The molecule has 2 aromatic rings. The molecule has 0 unspecified atom stereocenters. The van der Waals surface area contributed by atoms with Crippen LogP contribution in [0.5, 0.6) is 5.75 Å². The molecule has 7 nitrogen and oxygen atoms in total. The molecule has 0 bridgehead atoms. The lowest BCUT2D eigenvalue weighted by Gasteiger charge is -2.06. The standard InChI is InChI=1S/C13H14BrN5O2/c1-7(9-4-5-11(21-3)10(14)6-9)16-18-13-15-12(20)8(2)17-19-13/h4-6H,1-3H3,(H2,15,18,19,20)/b16-7-. The fourth-order valence-electron chi connectivity index (χ4n) is 1.54. The van der Waals surface area contributed by atoms with E-state index in [0.717, 1.165) is 21.5 Å². The molecule has 0 aliphatic rings. The third-order valence-corrected chi connectivity index (χ3v) is 3.38. The molecule has 110 valence electrons. The molecule has 2 N–H and O–H groups in total. The highest BCUT2D eigenvalue weighted by molar-refractivity contribution is 9.10. The van der Waals surface area contributed by atoms with E-state index in [2.05, 4.69) is 41.6 Å². The first-order valence-electron chi connectivity index (χ1n) is 6.09. The van der Waals surface area contributed by atoms with Crippen LogP contribution in [0.4, 0.5) is 5.95 Å². The molecule has 8 heteroatoms. The Morgan fingerprint density at radius 2 is 2.19 bits per heavy atom. The number of anilines is 1. The van der Waals surface area contributed by atoms with Crippen molar-refractivity contribution in [1.29, 1.82) is 0 Å². The summed E-state index contributed by atoms with van der Waals surface area (Å²) in [5, 5.41) is 11.7. The number of aromatic nitrogens is 3. The molecular formula is C13H14BrN5O2. The first-order chi connectivity index (χ1) is 10.0. The Bertz CT molecular complexity index is 742. The summed E-state index contributed by atoms with van der Waals surface area (Å²) in [4.78, 5) is 13.9. The highest BCUT2D eigenvalue weighted by atomic mass is 79.9. The van der Waals surface area contributed by atoms with Gasteiger partial charge >= 0.3 is 0 Å². The molecule has 0 atom stereocenters. The lowest BCUT2D eigenvalue weighted by molar-refractivity contribution is 0.412. The van der Waals surface area contributed by atoms with E-state index in [1.807, 2.05) is 25.1 Å². The molecule has 1 aromatic heterocycles. The Kier molecular flexibility index (Phi) is 4.69. The zero-order valence-electron chi connectivity index (χ0n) is 11.8. The predicted octanol–water partition coefficient (Wildman–Crippen LogP) is 2.08. The van der Waals surface area contributed by atoms with Crippen LogP contribution in [0.2, 0.25) is 0 Å². The summed E-state index contributed by atoms with van der Waals surface area (Å²) in [5.41, 5.74) is 4.30. The van der Waals surface area contributed by atoms with Crippen LogP contribution in [0.15, 0.2) is 32.6 Å². The minimum atomic E-state index is -0.299. The van der Waals surface area contributed by atoms with Crippen molar-refractivity contribution in [2.45, 2.75) is 13.8 Å². The van der Waals surface area contributed by atoms with Crippen LogP contribution >= 0.6 is 15.9 Å². The number of methoxy groups -OCH3 is 1. The van der Waals surface area contributed by atoms with E-state index in [1.54, 1.807) is 14.0 Å². The van der Waals surface area contributed by atoms with Crippen LogP contribution in [0.3, 0.4) is 0 Å². The SMILES string of the molecule is COc1ccc(/C(C)=N\Nc2nnc(C)c(=O)[nH]2)cc1Br. The highest BCUT2D eigenvalue weighted by Gasteiger charge is 2.04. The molecule has 0 spiro atoms. The van der Waals surface area contributed by atoms with Crippen LogP contribution in [-0.2, 0) is 0 Å². The second-order valence-corrected chi connectivity index (χ2v) is 5.10. The number of rotatable bonds is 4. The largest absolute Gasteiger partial charge is 0.496 e. The Balaban J connectivity index is 2.19. The van der Waals surface area contributed by atoms with Crippen LogP contribution < -0.4 is 15.7 Å². The van der Waals surface area contributed by atoms with Crippen LogP contribution in [0.25, 0.3) is 0 Å². The number of benzene rings is 1. The summed E-state index contributed by atoms with van der Waals surface area (Å²) in [7, 11) is 1.61. The van der Waals surface area contributed by atoms with Crippen molar-refractivity contribution >= 4 is 27.6 Å². The summed E-state index contributed by atoms with van der Waals surface area (Å²) < 4.78 is 6.01. The van der Waals surface area contributed by atoms with Crippen LogP contribution in [-0.4, -0.2) is 28.0 Å². The van der Waals surface area contributed by atoms with E-state index in [9.17, 15) is 4.79 Å². The maximum Gasteiger partial charge on any atom is 0.274 e.